The molecule has 0 aliphatic rings. The Morgan fingerprint density at radius 1 is 1.11 bits per heavy atom. The van der Waals surface area contributed by atoms with Crippen LogP contribution < -0.4 is 15.8 Å². The molecule has 0 aliphatic carbocycles. The van der Waals surface area contributed by atoms with E-state index in [0.29, 0.717) is 12.1 Å². The fraction of sp³-hybridized carbons (Fsp3) is 0.133. The average Bonchev–Trinajstić information content (AvgIpc) is 2.48. The molecule has 0 atom stereocenters. The number of hydrogen-bond donors (Lipinski definition) is 2. The molecule has 0 fully saturated rings. The van der Waals surface area contributed by atoms with Crippen LogP contribution in [0.1, 0.15) is 15.9 Å². The largest absolute Gasteiger partial charge is 0.497 e. The van der Waals surface area contributed by atoms with E-state index in [9.17, 15) is 4.79 Å². The minimum absolute atomic E-state index is 0.150. The number of anilines is 1. The Morgan fingerprint density at radius 3 is 2.26 bits per heavy atom. The molecule has 4 heteroatoms. The van der Waals surface area contributed by atoms with Gasteiger partial charge in [0.15, 0.2) is 0 Å². The molecule has 0 spiro atoms. The van der Waals surface area contributed by atoms with E-state index in [2.05, 4.69) is 5.32 Å². The lowest BCUT2D eigenvalue weighted by Crippen LogP contribution is -2.11. The molecular weight excluding hydrogens is 240 g/mol. The van der Waals surface area contributed by atoms with Crippen molar-refractivity contribution in [2.45, 2.75) is 6.54 Å². The van der Waals surface area contributed by atoms with Gasteiger partial charge in [-0.1, -0.05) is 12.1 Å². The van der Waals surface area contributed by atoms with Crippen LogP contribution in [0.3, 0.4) is 0 Å². The highest BCUT2D eigenvalue weighted by Gasteiger charge is 2.05. The zero-order valence-corrected chi connectivity index (χ0v) is 10.7. The van der Waals surface area contributed by atoms with Gasteiger partial charge >= 0.3 is 0 Å². The highest BCUT2D eigenvalue weighted by atomic mass is 16.5. The number of carbonyl (C=O) groups is 1. The van der Waals surface area contributed by atoms with E-state index in [1.165, 1.54) is 0 Å². The van der Waals surface area contributed by atoms with Gasteiger partial charge in [0.2, 0.25) is 0 Å². The normalized spacial score (nSPS) is 10.0. The molecule has 0 saturated carbocycles. The highest BCUT2D eigenvalue weighted by molar-refractivity contribution is 6.04. The minimum Gasteiger partial charge on any atom is -0.497 e. The van der Waals surface area contributed by atoms with Crippen LogP contribution in [0.25, 0.3) is 0 Å². The number of ether oxygens (including phenoxy) is 1. The summed E-state index contributed by atoms with van der Waals surface area (Å²) in [6.07, 6.45) is 0. The second-order valence-electron chi connectivity index (χ2n) is 4.08. The summed E-state index contributed by atoms with van der Waals surface area (Å²) in [4.78, 5) is 12.0. The lowest BCUT2D eigenvalue weighted by molar-refractivity contribution is 0.102. The van der Waals surface area contributed by atoms with E-state index in [4.69, 9.17) is 10.5 Å². The fourth-order valence-electron chi connectivity index (χ4n) is 1.67. The summed E-state index contributed by atoms with van der Waals surface area (Å²) in [5, 5.41) is 2.83. The standard InChI is InChI=1S/C15H16N2O2/c1-19-14-8-4-12(5-9-14)15(18)17-13-6-2-11(10-16)3-7-13/h2-9H,10,16H2,1H3,(H,17,18). The summed E-state index contributed by atoms with van der Waals surface area (Å²) >= 11 is 0. The second-order valence-corrected chi connectivity index (χ2v) is 4.08. The van der Waals surface area contributed by atoms with Crippen LogP contribution in [0.2, 0.25) is 0 Å². The van der Waals surface area contributed by atoms with Crippen LogP contribution >= 0.6 is 0 Å². The Labute approximate surface area is 112 Å². The number of benzene rings is 2. The van der Waals surface area contributed by atoms with Gasteiger partial charge < -0.3 is 15.8 Å². The molecule has 0 saturated heterocycles. The van der Waals surface area contributed by atoms with Gasteiger partial charge in [-0.3, -0.25) is 4.79 Å². The molecule has 1 amide bonds. The van der Waals surface area contributed by atoms with Gasteiger partial charge in [0.25, 0.3) is 5.91 Å². The first-order valence-electron chi connectivity index (χ1n) is 5.97. The van der Waals surface area contributed by atoms with E-state index in [1.54, 1.807) is 31.4 Å². The Morgan fingerprint density at radius 2 is 1.74 bits per heavy atom. The van der Waals surface area contributed by atoms with Crippen LogP contribution in [0.15, 0.2) is 48.5 Å². The van der Waals surface area contributed by atoms with Crippen molar-refractivity contribution in [3.05, 3.63) is 59.7 Å². The van der Waals surface area contributed by atoms with Gasteiger partial charge in [0, 0.05) is 17.8 Å². The first-order chi connectivity index (χ1) is 9.22. The lowest BCUT2D eigenvalue weighted by atomic mass is 10.2. The predicted molar refractivity (Wildman–Crippen MR) is 75.3 cm³/mol. The van der Waals surface area contributed by atoms with Crippen molar-refractivity contribution in [3.8, 4) is 5.75 Å². The van der Waals surface area contributed by atoms with Gasteiger partial charge in [-0.2, -0.15) is 0 Å². The maximum absolute atomic E-state index is 12.0. The third-order valence-electron chi connectivity index (χ3n) is 2.80. The summed E-state index contributed by atoms with van der Waals surface area (Å²) in [7, 11) is 1.59. The van der Waals surface area contributed by atoms with Crippen molar-refractivity contribution in [2.75, 3.05) is 12.4 Å². The third-order valence-corrected chi connectivity index (χ3v) is 2.80. The van der Waals surface area contributed by atoms with Gasteiger partial charge in [-0.25, -0.2) is 0 Å². The average molecular weight is 256 g/mol. The van der Waals surface area contributed by atoms with E-state index in [1.807, 2.05) is 24.3 Å². The minimum atomic E-state index is -0.150. The molecule has 4 nitrogen and oxygen atoms in total. The molecule has 0 radical (unpaired) electrons. The molecule has 0 unspecified atom stereocenters. The van der Waals surface area contributed by atoms with Crippen LogP contribution in [-0.2, 0) is 6.54 Å². The lowest BCUT2D eigenvalue weighted by Gasteiger charge is -2.06. The molecule has 2 rings (SSSR count). The SMILES string of the molecule is COc1ccc(C(=O)Nc2ccc(CN)cc2)cc1. The summed E-state index contributed by atoms with van der Waals surface area (Å²) in [6, 6.07) is 14.4. The number of rotatable bonds is 4. The number of nitrogens with one attached hydrogen (secondary N) is 1. The molecule has 98 valence electrons. The van der Waals surface area contributed by atoms with E-state index >= 15 is 0 Å². The van der Waals surface area contributed by atoms with Crippen molar-refractivity contribution in [1.29, 1.82) is 0 Å². The Bertz CT molecular complexity index is 547. The molecule has 2 aromatic carbocycles. The molecule has 2 aromatic rings. The molecule has 0 heterocycles. The van der Waals surface area contributed by atoms with Gasteiger partial charge in [0.05, 0.1) is 7.11 Å². The van der Waals surface area contributed by atoms with Crippen molar-refractivity contribution in [1.82, 2.24) is 0 Å². The van der Waals surface area contributed by atoms with Crippen molar-refractivity contribution < 1.29 is 9.53 Å². The first kappa shape index (κ1) is 13.1. The quantitative estimate of drug-likeness (QED) is 0.883. The second kappa shape index (κ2) is 6.02. The maximum Gasteiger partial charge on any atom is 0.255 e. The zero-order valence-electron chi connectivity index (χ0n) is 10.7. The number of carbonyl (C=O) groups excluding carboxylic acids is 1. The zero-order chi connectivity index (χ0) is 13.7. The Kier molecular flexibility index (Phi) is 4.15. The van der Waals surface area contributed by atoms with Crippen molar-refractivity contribution in [2.24, 2.45) is 5.73 Å². The van der Waals surface area contributed by atoms with Crippen LogP contribution in [0.5, 0.6) is 5.75 Å². The summed E-state index contributed by atoms with van der Waals surface area (Å²) in [5.41, 5.74) is 7.89. The molecule has 19 heavy (non-hydrogen) atoms. The highest BCUT2D eigenvalue weighted by Crippen LogP contribution is 2.14. The molecular formula is C15H16N2O2. The topological polar surface area (TPSA) is 64.3 Å². The van der Waals surface area contributed by atoms with Crippen LogP contribution in [-0.4, -0.2) is 13.0 Å². The van der Waals surface area contributed by atoms with Crippen LogP contribution in [0.4, 0.5) is 5.69 Å². The smallest absolute Gasteiger partial charge is 0.255 e. The number of nitrogens with two attached hydrogens (primary N) is 1. The van der Waals surface area contributed by atoms with E-state index in [-0.39, 0.29) is 5.91 Å². The Hall–Kier alpha value is -2.33. The third kappa shape index (κ3) is 3.33. The van der Waals surface area contributed by atoms with Gasteiger partial charge in [0.1, 0.15) is 5.75 Å². The van der Waals surface area contributed by atoms with Gasteiger partial charge in [-0.05, 0) is 42.0 Å². The first-order valence-corrected chi connectivity index (χ1v) is 5.97. The van der Waals surface area contributed by atoms with E-state index in [0.717, 1.165) is 17.0 Å². The number of amides is 1. The molecule has 0 aliphatic heterocycles. The predicted octanol–water partition coefficient (Wildman–Crippen LogP) is 2.41. The number of hydrogen-bond acceptors (Lipinski definition) is 3. The Balaban J connectivity index is 2.06. The maximum atomic E-state index is 12.0. The van der Waals surface area contributed by atoms with Crippen molar-refractivity contribution in [3.63, 3.8) is 0 Å². The summed E-state index contributed by atoms with van der Waals surface area (Å²) in [5.74, 6) is 0.576. The van der Waals surface area contributed by atoms with Gasteiger partial charge in [-0.15, -0.1) is 0 Å². The summed E-state index contributed by atoms with van der Waals surface area (Å²) in [6.45, 7) is 0.493. The molecule has 0 bridgehead atoms. The monoisotopic (exact) mass is 256 g/mol. The number of methoxy groups -OCH3 is 1. The summed E-state index contributed by atoms with van der Waals surface area (Å²) < 4.78 is 5.05. The van der Waals surface area contributed by atoms with Crippen LogP contribution in [0, 0.1) is 0 Å². The molecule has 0 aromatic heterocycles. The molecule has 3 N–H and O–H groups in total. The fourth-order valence-corrected chi connectivity index (χ4v) is 1.67. The van der Waals surface area contributed by atoms with Crippen molar-refractivity contribution >= 4 is 11.6 Å². The van der Waals surface area contributed by atoms with E-state index < -0.39 is 0 Å².